The van der Waals surface area contributed by atoms with E-state index in [0.29, 0.717) is 12.2 Å². The molecule has 1 aromatic rings. The molecule has 0 radical (unpaired) electrons. The van der Waals surface area contributed by atoms with E-state index in [2.05, 4.69) is 15.2 Å². The zero-order valence-corrected chi connectivity index (χ0v) is 16.2. The van der Waals surface area contributed by atoms with E-state index in [1.807, 2.05) is 32.9 Å². The molecule has 0 saturated carbocycles. The maximum Gasteiger partial charge on any atom is 0.307 e. The van der Waals surface area contributed by atoms with Gasteiger partial charge in [0, 0.05) is 13.1 Å². The van der Waals surface area contributed by atoms with Crippen molar-refractivity contribution in [1.82, 2.24) is 10.3 Å². The number of rotatable bonds is 7. The van der Waals surface area contributed by atoms with Crippen LogP contribution in [0.3, 0.4) is 0 Å². The first-order valence-electron chi connectivity index (χ1n) is 8.88. The number of methoxy groups -OCH3 is 1. The van der Waals surface area contributed by atoms with Crippen LogP contribution < -0.4 is 10.4 Å². The standard InChI is InChI=1S/C19H26N4O4/c1-13(2)12-22(10-9-17(25)27-4)19(26)18-20-11-16(24)23(21-18)15-7-5-14(3)6-8-15/h5-8,13H,9-12H2,1-4H3,(H,20,21). The number of aryl methyl sites for hydroxylation is 1. The van der Waals surface area contributed by atoms with Gasteiger partial charge in [0.15, 0.2) is 0 Å². The number of esters is 1. The Hall–Kier alpha value is -2.90. The first-order valence-corrected chi connectivity index (χ1v) is 8.88. The minimum absolute atomic E-state index is 0.0840. The van der Waals surface area contributed by atoms with Crippen LogP contribution in [0.5, 0.6) is 0 Å². The minimum atomic E-state index is -0.383. The predicted octanol–water partition coefficient (Wildman–Crippen LogP) is 1.29. The van der Waals surface area contributed by atoms with Crippen LogP contribution in [-0.2, 0) is 19.1 Å². The average Bonchev–Trinajstić information content (AvgIpc) is 2.65. The van der Waals surface area contributed by atoms with Crippen molar-refractivity contribution in [2.45, 2.75) is 27.2 Å². The molecule has 1 N–H and O–H groups in total. The molecule has 27 heavy (non-hydrogen) atoms. The van der Waals surface area contributed by atoms with Crippen molar-refractivity contribution in [2.75, 3.05) is 31.8 Å². The second kappa shape index (κ2) is 9.16. The van der Waals surface area contributed by atoms with E-state index < -0.39 is 0 Å². The van der Waals surface area contributed by atoms with Gasteiger partial charge in [-0.25, -0.2) is 5.01 Å². The Balaban J connectivity index is 2.15. The molecule has 1 aromatic carbocycles. The molecule has 2 amide bonds. The molecule has 0 saturated heterocycles. The molecule has 0 aromatic heterocycles. The van der Waals surface area contributed by atoms with Crippen molar-refractivity contribution in [2.24, 2.45) is 10.9 Å². The molecule has 1 aliphatic rings. The SMILES string of the molecule is COC(=O)CCN(CC(C)C)C(=O)C1=NCC(=O)N(c2ccc(C)cc2)N1. The number of carbonyl (C=O) groups excluding carboxylic acids is 3. The highest BCUT2D eigenvalue weighted by Gasteiger charge is 2.29. The number of carbonyl (C=O) groups is 3. The maximum absolute atomic E-state index is 12.9. The van der Waals surface area contributed by atoms with Gasteiger partial charge >= 0.3 is 5.97 Å². The summed E-state index contributed by atoms with van der Waals surface area (Å²) in [6.45, 7) is 6.50. The van der Waals surface area contributed by atoms with Gasteiger partial charge in [-0.2, -0.15) is 0 Å². The third-order valence-corrected chi connectivity index (χ3v) is 4.02. The van der Waals surface area contributed by atoms with Crippen molar-refractivity contribution in [3.63, 3.8) is 0 Å². The van der Waals surface area contributed by atoms with Gasteiger partial charge in [-0.15, -0.1) is 0 Å². The first kappa shape index (κ1) is 20.4. The summed E-state index contributed by atoms with van der Waals surface area (Å²) in [6, 6.07) is 7.38. The molecule has 2 rings (SSSR count). The highest BCUT2D eigenvalue weighted by atomic mass is 16.5. The fraction of sp³-hybridized carbons (Fsp3) is 0.474. The van der Waals surface area contributed by atoms with Crippen LogP contribution in [0.4, 0.5) is 5.69 Å². The highest BCUT2D eigenvalue weighted by molar-refractivity contribution is 6.39. The topological polar surface area (TPSA) is 91.3 Å². The lowest BCUT2D eigenvalue weighted by Crippen LogP contribution is -2.56. The van der Waals surface area contributed by atoms with Gasteiger partial charge in [-0.05, 0) is 25.0 Å². The van der Waals surface area contributed by atoms with E-state index >= 15 is 0 Å². The van der Waals surface area contributed by atoms with E-state index in [4.69, 9.17) is 0 Å². The van der Waals surface area contributed by atoms with E-state index in [1.165, 1.54) is 12.1 Å². The Labute approximate surface area is 159 Å². The van der Waals surface area contributed by atoms with Crippen molar-refractivity contribution >= 4 is 29.3 Å². The Morgan fingerprint density at radius 2 is 1.96 bits per heavy atom. The summed E-state index contributed by atoms with van der Waals surface area (Å²) in [6.07, 6.45) is 0.100. The number of benzene rings is 1. The van der Waals surface area contributed by atoms with Gasteiger partial charge in [0.05, 0.1) is 19.2 Å². The Bertz CT molecular complexity index is 728. The molecule has 0 fully saturated rings. The van der Waals surface area contributed by atoms with Crippen LogP contribution in [0.15, 0.2) is 29.3 Å². The monoisotopic (exact) mass is 374 g/mol. The van der Waals surface area contributed by atoms with E-state index in [-0.39, 0.29) is 49.0 Å². The lowest BCUT2D eigenvalue weighted by Gasteiger charge is -2.31. The molecule has 0 aliphatic carbocycles. The summed E-state index contributed by atoms with van der Waals surface area (Å²) >= 11 is 0. The zero-order chi connectivity index (χ0) is 20.0. The number of aliphatic imine (C=N–C) groups is 1. The minimum Gasteiger partial charge on any atom is -0.469 e. The normalized spacial score (nSPS) is 13.9. The number of hydrogen-bond donors (Lipinski definition) is 1. The number of hydrazine groups is 1. The first-order chi connectivity index (χ1) is 12.8. The largest absolute Gasteiger partial charge is 0.469 e. The fourth-order valence-corrected chi connectivity index (χ4v) is 2.63. The molecule has 0 unspecified atom stereocenters. The van der Waals surface area contributed by atoms with Gasteiger partial charge in [0.25, 0.3) is 11.8 Å². The van der Waals surface area contributed by atoms with Crippen LogP contribution in [-0.4, -0.2) is 55.3 Å². The average molecular weight is 374 g/mol. The number of amides is 2. The molecule has 8 nitrogen and oxygen atoms in total. The van der Waals surface area contributed by atoms with E-state index in [0.717, 1.165) is 5.56 Å². The second-order valence-corrected chi connectivity index (χ2v) is 6.81. The highest BCUT2D eigenvalue weighted by Crippen LogP contribution is 2.15. The predicted molar refractivity (Wildman–Crippen MR) is 102 cm³/mol. The Morgan fingerprint density at radius 1 is 1.30 bits per heavy atom. The van der Waals surface area contributed by atoms with E-state index in [9.17, 15) is 14.4 Å². The Kier molecular flexibility index (Phi) is 6.92. The quantitative estimate of drug-likeness (QED) is 0.726. The van der Waals surface area contributed by atoms with Gasteiger partial charge in [-0.1, -0.05) is 31.5 Å². The molecule has 0 atom stereocenters. The molecule has 0 bridgehead atoms. The van der Waals surface area contributed by atoms with Gasteiger partial charge in [0.2, 0.25) is 5.84 Å². The number of ether oxygens (including phenoxy) is 1. The number of amidine groups is 1. The molecule has 1 aliphatic heterocycles. The summed E-state index contributed by atoms with van der Waals surface area (Å²) in [5, 5.41) is 1.33. The third-order valence-electron chi connectivity index (χ3n) is 4.02. The van der Waals surface area contributed by atoms with Crippen LogP contribution in [0.25, 0.3) is 0 Å². The van der Waals surface area contributed by atoms with E-state index in [1.54, 1.807) is 17.0 Å². The van der Waals surface area contributed by atoms with Crippen molar-refractivity contribution in [3.8, 4) is 0 Å². The smallest absolute Gasteiger partial charge is 0.307 e. The maximum atomic E-state index is 12.9. The zero-order valence-electron chi connectivity index (χ0n) is 16.2. The summed E-state index contributed by atoms with van der Waals surface area (Å²) in [7, 11) is 1.31. The van der Waals surface area contributed by atoms with Crippen molar-refractivity contribution < 1.29 is 19.1 Å². The van der Waals surface area contributed by atoms with Crippen LogP contribution in [0.1, 0.15) is 25.8 Å². The lowest BCUT2D eigenvalue weighted by molar-refractivity contribution is -0.141. The molecular weight excluding hydrogens is 348 g/mol. The lowest BCUT2D eigenvalue weighted by atomic mass is 10.2. The van der Waals surface area contributed by atoms with Gasteiger partial charge < -0.3 is 9.64 Å². The van der Waals surface area contributed by atoms with Crippen LogP contribution >= 0.6 is 0 Å². The van der Waals surface area contributed by atoms with Crippen molar-refractivity contribution in [3.05, 3.63) is 29.8 Å². The number of nitrogens with zero attached hydrogens (tertiary/aromatic N) is 3. The number of nitrogens with one attached hydrogen (secondary N) is 1. The second-order valence-electron chi connectivity index (χ2n) is 6.81. The molecule has 0 spiro atoms. The van der Waals surface area contributed by atoms with Crippen LogP contribution in [0.2, 0.25) is 0 Å². The number of hydrogen-bond acceptors (Lipinski definition) is 6. The fourth-order valence-electron chi connectivity index (χ4n) is 2.63. The Morgan fingerprint density at radius 3 is 2.56 bits per heavy atom. The third kappa shape index (κ3) is 5.54. The molecular formula is C19H26N4O4. The van der Waals surface area contributed by atoms with Crippen LogP contribution in [0, 0.1) is 12.8 Å². The molecule has 8 heteroatoms. The molecule has 146 valence electrons. The summed E-state index contributed by atoms with van der Waals surface area (Å²) < 4.78 is 4.65. The summed E-state index contributed by atoms with van der Waals surface area (Å²) in [4.78, 5) is 42.2. The summed E-state index contributed by atoms with van der Waals surface area (Å²) in [5.41, 5.74) is 4.52. The number of anilines is 1. The van der Waals surface area contributed by atoms with Crippen molar-refractivity contribution in [1.29, 1.82) is 0 Å². The van der Waals surface area contributed by atoms with Gasteiger partial charge in [0.1, 0.15) is 6.54 Å². The van der Waals surface area contributed by atoms with Gasteiger partial charge in [-0.3, -0.25) is 24.8 Å². The molecule has 1 heterocycles. The summed E-state index contributed by atoms with van der Waals surface area (Å²) in [5.74, 6) is -0.685.